The van der Waals surface area contributed by atoms with Crippen molar-refractivity contribution in [1.29, 1.82) is 0 Å². The van der Waals surface area contributed by atoms with Gasteiger partial charge in [-0.05, 0) is 42.8 Å². The van der Waals surface area contributed by atoms with Crippen LogP contribution in [0.25, 0.3) is 0 Å². The molecule has 1 aliphatic rings. The van der Waals surface area contributed by atoms with E-state index in [0.717, 1.165) is 0 Å². The van der Waals surface area contributed by atoms with Crippen LogP contribution in [0, 0.1) is 0 Å². The number of halogens is 1. The third kappa shape index (κ3) is 3.96. The fraction of sp³-hybridized carbons (Fsp3) is 0.278. The Labute approximate surface area is 162 Å². The summed E-state index contributed by atoms with van der Waals surface area (Å²) < 4.78 is 35.7. The Morgan fingerprint density at radius 3 is 2.44 bits per heavy atom. The van der Waals surface area contributed by atoms with Gasteiger partial charge in [-0.15, -0.1) is 0 Å². The molecule has 0 saturated carbocycles. The molecule has 1 fully saturated rings. The maximum atomic E-state index is 12.5. The van der Waals surface area contributed by atoms with Crippen LogP contribution >= 0.6 is 11.6 Å². The number of nitrogens with one attached hydrogen (secondary N) is 1. The molecule has 0 aliphatic carbocycles. The van der Waals surface area contributed by atoms with Crippen LogP contribution in [0.2, 0.25) is 5.02 Å². The molecule has 9 heteroatoms. The van der Waals surface area contributed by atoms with Gasteiger partial charge in [0.05, 0.1) is 36.4 Å². The van der Waals surface area contributed by atoms with Crippen LogP contribution < -0.4 is 19.1 Å². The van der Waals surface area contributed by atoms with Crippen molar-refractivity contribution >= 4 is 38.9 Å². The van der Waals surface area contributed by atoms with Crippen molar-refractivity contribution in [3.63, 3.8) is 0 Å². The number of rotatable bonds is 5. The van der Waals surface area contributed by atoms with Gasteiger partial charge < -0.3 is 14.8 Å². The standard InChI is InChI=1S/C18H19ClN2O5S/c1-25-16-7-4-12(10-17(16)26-2)18(22)20-15-6-5-13(11-14(15)19)21-8-3-9-27(21,23)24/h4-7,10-11H,3,8-9H2,1-2H3,(H,20,22). The molecule has 1 saturated heterocycles. The highest BCUT2D eigenvalue weighted by Gasteiger charge is 2.28. The first-order valence-electron chi connectivity index (χ1n) is 8.19. The van der Waals surface area contributed by atoms with Gasteiger partial charge in [0.2, 0.25) is 10.0 Å². The molecule has 0 atom stereocenters. The summed E-state index contributed by atoms with van der Waals surface area (Å²) in [7, 11) is -0.288. The first-order chi connectivity index (χ1) is 12.9. The number of ether oxygens (including phenoxy) is 2. The van der Waals surface area contributed by atoms with E-state index in [4.69, 9.17) is 21.1 Å². The summed E-state index contributed by atoms with van der Waals surface area (Å²) in [5.74, 6) is 0.705. The lowest BCUT2D eigenvalue weighted by atomic mass is 10.1. The fourth-order valence-corrected chi connectivity index (χ4v) is 4.64. The van der Waals surface area contributed by atoms with Crippen molar-refractivity contribution in [2.24, 2.45) is 0 Å². The van der Waals surface area contributed by atoms with Crippen LogP contribution in [0.1, 0.15) is 16.8 Å². The number of amides is 1. The molecule has 2 aromatic rings. The zero-order chi connectivity index (χ0) is 19.6. The van der Waals surface area contributed by atoms with Crippen LogP contribution in [0.15, 0.2) is 36.4 Å². The summed E-state index contributed by atoms with van der Waals surface area (Å²) >= 11 is 6.26. The van der Waals surface area contributed by atoms with Gasteiger partial charge >= 0.3 is 0 Å². The highest BCUT2D eigenvalue weighted by molar-refractivity contribution is 7.93. The number of carbonyl (C=O) groups excluding carboxylic acids is 1. The lowest BCUT2D eigenvalue weighted by Gasteiger charge is -2.18. The normalized spacial score (nSPS) is 15.4. The van der Waals surface area contributed by atoms with Crippen molar-refractivity contribution in [1.82, 2.24) is 0 Å². The Kier molecular flexibility index (Phi) is 5.48. The zero-order valence-electron chi connectivity index (χ0n) is 14.9. The number of nitrogens with zero attached hydrogens (tertiary/aromatic N) is 1. The SMILES string of the molecule is COc1ccc(C(=O)Nc2ccc(N3CCCS3(=O)=O)cc2Cl)cc1OC. The topological polar surface area (TPSA) is 84.9 Å². The molecule has 1 N–H and O–H groups in total. The molecule has 1 amide bonds. The van der Waals surface area contributed by atoms with Crippen molar-refractivity contribution in [2.75, 3.05) is 36.1 Å². The van der Waals surface area contributed by atoms with E-state index in [9.17, 15) is 13.2 Å². The quantitative estimate of drug-likeness (QED) is 0.818. The summed E-state index contributed by atoms with van der Waals surface area (Å²) in [5, 5.41) is 2.97. The van der Waals surface area contributed by atoms with Gasteiger partial charge in [-0.1, -0.05) is 11.6 Å². The van der Waals surface area contributed by atoms with Crippen LogP contribution in [0.4, 0.5) is 11.4 Å². The fourth-order valence-electron chi connectivity index (χ4n) is 2.86. The third-order valence-electron chi connectivity index (χ3n) is 4.23. The van der Waals surface area contributed by atoms with Crippen molar-refractivity contribution < 1.29 is 22.7 Å². The summed E-state index contributed by atoms with van der Waals surface area (Å²) in [6, 6.07) is 9.55. The van der Waals surface area contributed by atoms with Gasteiger partial charge in [-0.2, -0.15) is 0 Å². The van der Waals surface area contributed by atoms with Gasteiger partial charge in [0.25, 0.3) is 5.91 Å². The van der Waals surface area contributed by atoms with Gasteiger partial charge in [0.15, 0.2) is 11.5 Å². The molecular formula is C18H19ClN2O5S. The van der Waals surface area contributed by atoms with E-state index < -0.39 is 10.0 Å². The van der Waals surface area contributed by atoms with E-state index in [2.05, 4.69) is 5.32 Å². The Balaban J connectivity index is 1.81. The third-order valence-corrected chi connectivity index (χ3v) is 6.42. The second-order valence-electron chi connectivity index (χ2n) is 5.93. The zero-order valence-corrected chi connectivity index (χ0v) is 16.4. The molecule has 3 rings (SSSR count). The van der Waals surface area contributed by atoms with Crippen LogP contribution in [0.3, 0.4) is 0 Å². The Morgan fingerprint density at radius 2 is 1.85 bits per heavy atom. The molecule has 0 radical (unpaired) electrons. The molecule has 1 aliphatic heterocycles. The number of benzene rings is 2. The van der Waals surface area contributed by atoms with Gasteiger partial charge in [0, 0.05) is 12.1 Å². The summed E-state index contributed by atoms with van der Waals surface area (Å²) in [4.78, 5) is 12.5. The smallest absolute Gasteiger partial charge is 0.255 e. The minimum absolute atomic E-state index is 0.127. The Hall–Kier alpha value is -2.45. The monoisotopic (exact) mass is 410 g/mol. The van der Waals surface area contributed by atoms with E-state index in [1.807, 2.05) is 0 Å². The van der Waals surface area contributed by atoms with Gasteiger partial charge in [-0.25, -0.2) is 8.42 Å². The highest BCUT2D eigenvalue weighted by Crippen LogP contribution is 2.32. The summed E-state index contributed by atoms with van der Waals surface area (Å²) in [6.45, 7) is 0.427. The second kappa shape index (κ2) is 7.66. The van der Waals surface area contributed by atoms with E-state index in [1.165, 1.54) is 24.6 Å². The minimum Gasteiger partial charge on any atom is -0.493 e. The maximum absolute atomic E-state index is 12.5. The number of anilines is 2. The largest absolute Gasteiger partial charge is 0.493 e. The van der Waals surface area contributed by atoms with Crippen LogP contribution in [-0.4, -0.2) is 40.8 Å². The first-order valence-corrected chi connectivity index (χ1v) is 10.2. The molecule has 0 unspecified atom stereocenters. The average Bonchev–Trinajstić information content (AvgIpc) is 3.01. The predicted molar refractivity (Wildman–Crippen MR) is 105 cm³/mol. The molecule has 1 heterocycles. The lowest BCUT2D eigenvalue weighted by molar-refractivity contribution is 0.102. The van der Waals surface area contributed by atoms with Crippen molar-refractivity contribution in [3.05, 3.63) is 47.0 Å². The molecular weight excluding hydrogens is 392 g/mol. The van der Waals surface area contributed by atoms with E-state index in [-0.39, 0.29) is 16.7 Å². The number of sulfonamides is 1. The minimum atomic E-state index is -3.29. The molecule has 0 bridgehead atoms. The van der Waals surface area contributed by atoms with Crippen molar-refractivity contribution in [2.45, 2.75) is 6.42 Å². The van der Waals surface area contributed by atoms with E-state index in [0.29, 0.717) is 41.4 Å². The molecule has 144 valence electrons. The van der Waals surface area contributed by atoms with Gasteiger partial charge in [-0.3, -0.25) is 9.10 Å². The van der Waals surface area contributed by atoms with Crippen LogP contribution in [0.5, 0.6) is 11.5 Å². The summed E-state index contributed by atoms with van der Waals surface area (Å²) in [5.41, 5.74) is 1.24. The number of methoxy groups -OCH3 is 2. The Morgan fingerprint density at radius 1 is 1.11 bits per heavy atom. The van der Waals surface area contributed by atoms with E-state index >= 15 is 0 Å². The molecule has 0 aromatic heterocycles. The average molecular weight is 411 g/mol. The summed E-state index contributed by atoms with van der Waals surface area (Å²) in [6.07, 6.45) is 0.581. The number of hydrogen-bond acceptors (Lipinski definition) is 5. The Bertz CT molecular complexity index is 978. The predicted octanol–water partition coefficient (Wildman–Crippen LogP) is 3.15. The molecule has 7 nitrogen and oxygen atoms in total. The van der Waals surface area contributed by atoms with Gasteiger partial charge in [0.1, 0.15) is 0 Å². The number of carbonyl (C=O) groups is 1. The molecule has 2 aromatic carbocycles. The van der Waals surface area contributed by atoms with Crippen LogP contribution in [-0.2, 0) is 10.0 Å². The second-order valence-corrected chi connectivity index (χ2v) is 8.35. The molecule has 0 spiro atoms. The molecule has 27 heavy (non-hydrogen) atoms. The highest BCUT2D eigenvalue weighted by atomic mass is 35.5. The number of hydrogen-bond donors (Lipinski definition) is 1. The van der Waals surface area contributed by atoms with E-state index in [1.54, 1.807) is 30.3 Å². The van der Waals surface area contributed by atoms with Crippen molar-refractivity contribution in [3.8, 4) is 11.5 Å². The lowest BCUT2D eigenvalue weighted by Crippen LogP contribution is -2.25. The maximum Gasteiger partial charge on any atom is 0.255 e. The first kappa shape index (κ1) is 19.3.